The molecule has 1 aliphatic heterocycles. The number of nitrogens with zero attached hydrogens (tertiary/aromatic N) is 1. The minimum absolute atomic E-state index is 0.0330. The maximum absolute atomic E-state index is 13.8. The summed E-state index contributed by atoms with van der Waals surface area (Å²) in [7, 11) is 0. The summed E-state index contributed by atoms with van der Waals surface area (Å²) in [6.45, 7) is 0.662. The van der Waals surface area contributed by atoms with E-state index in [4.69, 9.17) is 0 Å². The van der Waals surface area contributed by atoms with Gasteiger partial charge in [-0.05, 0) is 25.0 Å². The molecule has 0 saturated carbocycles. The van der Waals surface area contributed by atoms with Gasteiger partial charge in [0.1, 0.15) is 11.6 Å². The standard InChI is InChI=1S/C14H17BrFNO2/c15-9-10-4-2-1-3-7-17(10)14(19)12-6-5-11(18)8-13(12)16/h5-6,8,10,18H,1-4,7,9H2. The summed E-state index contributed by atoms with van der Waals surface area (Å²) in [4.78, 5) is 14.2. The molecule has 2 rings (SSSR count). The number of alkyl halides is 1. The lowest BCUT2D eigenvalue weighted by Crippen LogP contribution is -2.41. The monoisotopic (exact) mass is 329 g/mol. The maximum Gasteiger partial charge on any atom is 0.257 e. The molecule has 3 nitrogen and oxygen atoms in total. The first kappa shape index (κ1) is 14.3. The fourth-order valence-corrected chi connectivity index (χ4v) is 3.11. The molecule has 0 aliphatic carbocycles. The molecule has 1 fully saturated rings. The van der Waals surface area contributed by atoms with Crippen molar-refractivity contribution in [1.29, 1.82) is 0 Å². The highest BCUT2D eigenvalue weighted by atomic mass is 79.9. The number of hydrogen-bond acceptors (Lipinski definition) is 2. The predicted molar refractivity (Wildman–Crippen MR) is 75.2 cm³/mol. The Morgan fingerprint density at radius 1 is 1.42 bits per heavy atom. The molecule has 5 heteroatoms. The first-order chi connectivity index (χ1) is 9.13. The first-order valence-electron chi connectivity index (χ1n) is 6.49. The van der Waals surface area contributed by atoms with E-state index in [-0.39, 0.29) is 23.3 Å². The average Bonchev–Trinajstić information content (AvgIpc) is 2.63. The van der Waals surface area contributed by atoms with Crippen LogP contribution < -0.4 is 0 Å². The topological polar surface area (TPSA) is 40.5 Å². The lowest BCUT2D eigenvalue weighted by Gasteiger charge is -2.29. The molecule has 1 N–H and O–H groups in total. The Morgan fingerprint density at radius 2 is 2.21 bits per heavy atom. The van der Waals surface area contributed by atoms with E-state index in [1.807, 2.05) is 0 Å². The number of phenols is 1. The summed E-state index contributed by atoms with van der Waals surface area (Å²) in [5, 5.41) is 9.91. The van der Waals surface area contributed by atoms with E-state index in [0.29, 0.717) is 11.9 Å². The number of hydrogen-bond donors (Lipinski definition) is 1. The van der Waals surface area contributed by atoms with Crippen LogP contribution in [-0.4, -0.2) is 33.8 Å². The number of likely N-dealkylation sites (tertiary alicyclic amines) is 1. The van der Waals surface area contributed by atoms with Crippen molar-refractivity contribution in [2.45, 2.75) is 31.7 Å². The Labute approximate surface area is 120 Å². The van der Waals surface area contributed by atoms with Crippen molar-refractivity contribution in [3.05, 3.63) is 29.6 Å². The van der Waals surface area contributed by atoms with Gasteiger partial charge in [0.15, 0.2) is 0 Å². The van der Waals surface area contributed by atoms with Crippen LogP contribution in [0.4, 0.5) is 4.39 Å². The van der Waals surface area contributed by atoms with Gasteiger partial charge in [-0.25, -0.2) is 4.39 Å². The van der Waals surface area contributed by atoms with Gasteiger partial charge < -0.3 is 10.0 Å². The van der Waals surface area contributed by atoms with Gasteiger partial charge in [0, 0.05) is 24.0 Å². The lowest BCUT2D eigenvalue weighted by atomic mass is 10.1. The van der Waals surface area contributed by atoms with Crippen LogP contribution in [0, 0.1) is 5.82 Å². The van der Waals surface area contributed by atoms with Gasteiger partial charge in [-0.3, -0.25) is 4.79 Å². The molecule has 0 bridgehead atoms. The van der Waals surface area contributed by atoms with Gasteiger partial charge in [-0.15, -0.1) is 0 Å². The second-order valence-corrected chi connectivity index (χ2v) is 5.47. The Balaban J connectivity index is 2.25. The summed E-state index contributed by atoms with van der Waals surface area (Å²) in [6, 6.07) is 3.79. The minimum atomic E-state index is -0.664. The average molecular weight is 330 g/mol. The summed E-state index contributed by atoms with van der Waals surface area (Å²) in [5.74, 6) is -1.12. The molecular weight excluding hydrogens is 313 g/mol. The molecule has 104 valence electrons. The zero-order chi connectivity index (χ0) is 13.8. The second kappa shape index (κ2) is 6.37. The summed E-state index contributed by atoms with van der Waals surface area (Å²) >= 11 is 3.43. The highest BCUT2D eigenvalue weighted by molar-refractivity contribution is 9.09. The number of rotatable bonds is 2. The second-order valence-electron chi connectivity index (χ2n) is 4.82. The number of aromatic hydroxyl groups is 1. The van der Waals surface area contributed by atoms with E-state index in [0.717, 1.165) is 31.7 Å². The highest BCUT2D eigenvalue weighted by Gasteiger charge is 2.27. The van der Waals surface area contributed by atoms with Gasteiger partial charge in [-0.2, -0.15) is 0 Å². The molecule has 1 unspecified atom stereocenters. The summed E-state index contributed by atoms with van der Waals surface area (Å²) in [6.07, 6.45) is 4.09. The molecule has 1 atom stereocenters. The van der Waals surface area contributed by atoms with E-state index in [1.54, 1.807) is 4.90 Å². The molecule has 0 radical (unpaired) electrons. The number of benzene rings is 1. The number of carbonyl (C=O) groups is 1. The van der Waals surface area contributed by atoms with Crippen molar-refractivity contribution in [3.8, 4) is 5.75 Å². The van der Waals surface area contributed by atoms with Crippen molar-refractivity contribution < 1.29 is 14.3 Å². The third-order valence-electron chi connectivity index (χ3n) is 3.50. The van der Waals surface area contributed by atoms with Gasteiger partial charge in [0.05, 0.1) is 5.56 Å². The van der Waals surface area contributed by atoms with Crippen LogP contribution in [-0.2, 0) is 0 Å². The molecular formula is C14H17BrFNO2. The van der Waals surface area contributed by atoms with Crippen LogP contribution in [0.2, 0.25) is 0 Å². The Bertz CT molecular complexity index is 467. The van der Waals surface area contributed by atoms with Crippen molar-refractivity contribution in [1.82, 2.24) is 4.90 Å². The van der Waals surface area contributed by atoms with Crippen LogP contribution in [0.25, 0.3) is 0 Å². The van der Waals surface area contributed by atoms with Crippen LogP contribution >= 0.6 is 15.9 Å². The Morgan fingerprint density at radius 3 is 2.89 bits per heavy atom. The normalized spacial score (nSPS) is 20.1. The van der Waals surface area contributed by atoms with E-state index in [9.17, 15) is 14.3 Å². The van der Waals surface area contributed by atoms with Gasteiger partial charge in [0.25, 0.3) is 5.91 Å². The smallest absolute Gasteiger partial charge is 0.257 e. The molecule has 1 amide bonds. The molecule has 1 saturated heterocycles. The molecule has 1 aliphatic rings. The van der Waals surface area contributed by atoms with E-state index in [1.165, 1.54) is 12.1 Å². The number of phenolic OH excluding ortho intramolecular Hbond substituents is 1. The Kier molecular flexibility index (Phi) is 4.80. The zero-order valence-electron chi connectivity index (χ0n) is 10.6. The maximum atomic E-state index is 13.8. The quantitative estimate of drug-likeness (QED) is 0.845. The van der Waals surface area contributed by atoms with E-state index < -0.39 is 5.82 Å². The number of amides is 1. The molecule has 19 heavy (non-hydrogen) atoms. The van der Waals surface area contributed by atoms with Crippen molar-refractivity contribution in [3.63, 3.8) is 0 Å². The van der Waals surface area contributed by atoms with Crippen molar-refractivity contribution >= 4 is 21.8 Å². The first-order valence-corrected chi connectivity index (χ1v) is 7.61. The largest absolute Gasteiger partial charge is 0.508 e. The third kappa shape index (κ3) is 3.26. The lowest BCUT2D eigenvalue weighted by molar-refractivity contribution is 0.0697. The van der Waals surface area contributed by atoms with Crippen LogP contribution in [0.5, 0.6) is 5.75 Å². The predicted octanol–water partition coefficient (Wildman–Crippen LogP) is 3.31. The highest BCUT2D eigenvalue weighted by Crippen LogP contribution is 2.23. The van der Waals surface area contributed by atoms with Crippen LogP contribution in [0.3, 0.4) is 0 Å². The number of carbonyl (C=O) groups excluding carboxylic acids is 1. The zero-order valence-corrected chi connectivity index (χ0v) is 12.2. The fraction of sp³-hybridized carbons (Fsp3) is 0.500. The molecule has 0 spiro atoms. The van der Waals surface area contributed by atoms with Crippen molar-refractivity contribution in [2.24, 2.45) is 0 Å². The van der Waals surface area contributed by atoms with Gasteiger partial charge in [-0.1, -0.05) is 28.8 Å². The van der Waals surface area contributed by atoms with E-state index in [2.05, 4.69) is 15.9 Å². The van der Waals surface area contributed by atoms with Gasteiger partial charge >= 0.3 is 0 Å². The third-order valence-corrected chi connectivity index (χ3v) is 4.25. The van der Waals surface area contributed by atoms with Crippen LogP contribution in [0.15, 0.2) is 18.2 Å². The fourth-order valence-electron chi connectivity index (χ4n) is 2.44. The minimum Gasteiger partial charge on any atom is -0.508 e. The van der Waals surface area contributed by atoms with Crippen molar-refractivity contribution in [2.75, 3.05) is 11.9 Å². The van der Waals surface area contributed by atoms with Gasteiger partial charge in [0.2, 0.25) is 0 Å². The van der Waals surface area contributed by atoms with E-state index >= 15 is 0 Å². The Hall–Kier alpha value is -1.10. The molecule has 1 heterocycles. The number of halogens is 2. The molecule has 0 aromatic heterocycles. The molecule has 1 aromatic carbocycles. The summed E-state index contributed by atoms with van der Waals surface area (Å²) < 4.78 is 13.8. The summed E-state index contributed by atoms with van der Waals surface area (Å²) in [5.41, 5.74) is 0.0330. The SMILES string of the molecule is O=C(c1ccc(O)cc1F)N1CCCCCC1CBr. The molecule has 1 aromatic rings. The van der Waals surface area contributed by atoms with Crippen LogP contribution in [0.1, 0.15) is 36.0 Å².